The van der Waals surface area contributed by atoms with Gasteiger partial charge in [-0.25, -0.2) is 9.97 Å². The largest absolute Gasteiger partial charge is 0.368 e. The van der Waals surface area contributed by atoms with Crippen molar-refractivity contribution in [2.24, 2.45) is 0 Å². The molecule has 0 bridgehead atoms. The van der Waals surface area contributed by atoms with Gasteiger partial charge in [0, 0.05) is 6.07 Å². The average molecular weight is 261 g/mol. The Balaban J connectivity index is 2.18. The van der Waals surface area contributed by atoms with Gasteiger partial charge in [-0.05, 0) is 19.8 Å². The summed E-state index contributed by atoms with van der Waals surface area (Å²) in [5, 5.41) is 10.2. The lowest BCUT2D eigenvalue weighted by molar-refractivity contribution is 0.780. The molecule has 2 aromatic rings. The lowest BCUT2D eigenvalue weighted by Gasteiger charge is -2.13. The molecule has 0 saturated carbocycles. The van der Waals surface area contributed by atoms with Crippen LogP contribution in [-0.4, -0.2) is 25.1 Å². The highest BCUT2D eigenvalue weighted by Crippen LogP contribution is 2.19. The van der Waals surface area contributed by atoms with E-state index < -0.39 is 0 Å². The number of hydrogen-bond donors (Lipinski definition) is 3. The summed E-state index contributed by atoms with van der Waals surface area (Å²) in [5.41, 5.74) is 6.63. The highest BCUT2D eigenvalue weighted by atomic mass is 15.2. The second-order valence-corrected chi connectivity index (χ2v) is 4.84. The third kappa shape index (κ3) is 3.18. The van der Waals surface area contributed by atoms with Crippen LogP contribution in [0.3, 0.4) is 0 Å². The fourth-order valence-electron chi connectivity index (χ4n) is 1.70. The van der Waals surface area contributed by atoms with Crippen LogP contribution in [0.1, 0.15) is 50.1 Å². The quantitative estimate of drug-likeness (QED) is 0.774. The summed E-state index contributed by atoms with van der Waals surface area (Å²) in [4.78, 5) is 12.7. The molecule has 0 fully saturated rings. The Labute approximate surface area is 112 Å². The first-order valence-corrected chi connectivity index (χ1v) is 6.25. The molecule has 0 spiro atoms. The molecule has 2 aromatic heterocycles. The van der Waals surface area contributed by atoms with Crippen LogP contribution >= 0.6 is 0 Å². The van der Waals surface area contributed by atoms with E-state index in [1.165, 1.54) is 0 Å². The van der Waals surface area contributed by atoms with Crippen LogP contribution in [-0.2, 0) is 0 Å². The zero-order valence-electron chi connectivity index (χ0n) is 11.6. The van der Waals surface area contributed by atoms with E-state index in [2.05, 4.69) is 44.3 Å². The Morgan fingerprint density at radius 1 is 1.21 bits per heavy atom. The first-order chi connectivity index (χ1) is 8.95. The minimum Gasteiger partial charge on any atom is -0.368 e. The van der Waals surface area contributed by atoms with Crippen LogP contribution in [0.25, 0.3) is 0 Å². The number of nitrogen functional groups attached to an aromatic ring is 1. The van der Waals surface area contributed by atoms with Gasteiger partial charge in [0.25, 0.3) is 0 Å². The van der Waals surface area contributed by atoms with E-state index in [0.717, 1.165) is 11.5 Å². The summed E-state index contributed by atoms with van der Waals surface area (Å²) < 4.78 is 0. The Kier molecular flexibility index (Phi) is 3.64. The van der Waals surface area contributed by atoms with E-state index in [1.807, 2.05) is 19.9 Å². The molecular weight excluding hydrogens is 242 g/mol. The number of nitrogens with zero attached hydrogens (tertiary/aromatic N) is 4. The number of rotatable bonds is 4. The molecule has 0 aliphatic heterocycles. The van der Waals surface area contributed by atoms with Gasteiger partial charge in [-0.2, -0.15) is 10.1 Å². The van der Waals surface area contributed by atoms with Gasteiger partial charge in [0.2, 0.25) is 5.95 Å². The van der Waals surface area contributed by atoms with E-state index in [0.29, 0.717) is 17.6 Å². The molecule has 7 nitrogen and oxygen atoms in total. The Hall–Kier alpha value is -2.18. The SMILES string of the molecule is Cc1nc([C@@H](C)Nc2cc(C(C)C)nc(N)n2)n[nH]1. The maximum atomic E-state index is 5.72. The van der Waals surface area contributed by atoms with Crippen LogP contribution in [0.15, 0.2) is 6.07 Å². The second-order valence-electron chi connectivity index (χ2n) is 4.84. The summed E-state index contributed by atoms with van der Waals surface area (Å²) in [5.74, 6) is 2.74. The molecule has 0 radical (unpaired) electrons. The molecule has 0 aliphatic carbocycles. The van der Waals surface area contributed by atoms with Gasteiger partial charge in [-0.1, -0.05) is 13.8 Å². The predicted molar refractivity (Wildman–Crippen MR) is 73.7 cm³/mol. The number of aromatic amines is 1. The fourth-order valence-corrected chi connectivity index (χ4v) is 1.70. The average Bonchev–Trinajstić information content (AvgIpc) is 2.75. The molecule has 2 heterocycles. The van der Waals surface area contributed by atoms with E-state index in [9.17, 15) is 0 Å². The molecule has 0 saturated heterocycles. The van der Waals surface area contributed by atoms with Crippen LogP contribution in [0.4, 0.5) is 11.8 Å². The summed E-state index contributed by atoms with van der Waals surface area (Å²) in [6.45, 7) is 7.96. The van der Waals surface area contributed by atoms with Gasteiger partial charge in [0.1, 0.15) is 11.6 Å². The van der Waals surface area contributed by atoms with Crippen molar-refractivity contribution in [3.05, 3.63) is 23.4 Å². The Morgan fingerprint density at radius 2 is 1.95 bits per heavy atom. The molecule has 4 N–H and O–H groups in total. The predicted octanol–water partition coefficient (Wildman–Crippen LogP) is 1.78. The van der Waals surface area contributed by atoms with Crippen molar-refractivity contribution in [3.8, 4) is 0 Å². The number of aryl methyl sites for hydroxylation is 1. The number of nitrogens with two attached hydrogens (primary N) is 1. The van der Waals surface area contributed by atoms with Gasteiger partial charge in [0.05, 0.1) is 11.7 Å². The number of hydrogen-bond acceptors (Lipinski definition) is 6. The second kappa shape index (κ2) is 5.21. The fraction of sp³-hybridized carbons (Fsp3) is 0.500. The van der Waals surface area contributed by atoms with E-state index >= 15 is 0 Å². The van der Waals surface area contributed by atoms with Crippen molar-refractivity contribution in [1.82, 2.24) is 25.1 Å². The first-order valence-electron chi connectivity index (χ1n) is 6.25. The molecule has 1 atom stereocenters. The monoisotopic (exact) mass is 261 g/mol. The summed E-state index contributed by atoms with van der Waals surface area (Å²) in [6.07, 6.45) is 0. The van der Waals surface area contributed by atoms with E-state index in [1.54, 1.807) is 0 Å². The van der Waals surface area contributed by atoms with Crippen LogP contribution in [0.2, 0.25) is 0 Å². The number of H-pyrrole nitrogens is 1. The minimum absolute atomic E-state index is 0.0562. The molecule has 102 valence electrons. The van der Waals surface area contributed by atoms with Crippen molar-refractivity contribution in [2.75, 3.05) is 11.1 Å². The highest BCUT2D eigenvalue weighted by Gasteiger charge is 2.13. The summed E-state index contributed by atoms with van der Waals surface area (Å²) in [6, 6.07) is 1.84. The third-order valence-corrected chi connectivity index (χ3v) is 2.72. The minimum atomic E-state index is -0.0562. The maximum Gasteiger partial charge on any atom is 0.222 e. The molecule has 2 rings (SSSR count). The smallest absolute Gasteiger partial charge is 0.222 e. The lowest BCUT2D eigenvalue weighted by Crippen LogP contribution is -2.12. The summed E-state index contributed by atoms with van der Waals surface area (Å²) >= 11 is 0. The molecular formula is C12H19N7. The summed E-state index contributed by atoms with van der Waals surface area (Å²) in [7, 11) is 0. The van der Waals surface area contributed by atoms with E-state index in [4.69, 9.17) is 5.73 Å². The lowest BCUT2D eigenvalue weighted by atomic mass is 10.1. The highest BCUT2D eigenvalue weighted by molar-refractivity contribution is 5.42. The van der Waals surface area contributed by atoms with Gasteiger partial charge in [0.15, 0.2) is 5.82 Å². The Morgan fingerprint density at radius 3 is 2.53 bits per heavy atom. The molecule has 0 aliphatic rings. The van der Waals surface area contributed by atoms with Gasteiger partial charge in [-0.3, -0.25) is 5.10 Å². The van der Waals surface area contributed by atoms with Gasteiger partial charge >= 0.3 is 0 Å². The van der Waals surface area contributed by atoms with Crippen LogP contribution in [0.5, 0.6) is 0 Å². The standard InChI is InChI=1S/C12H19N7/c1-6(2)9-5-10(17-12(13)16-9)14-7(3)11-15-8(4)18-19-11/h5-7H,1-4H3,(H,15,18,19)(H3,13,14,16,17)/t7-/m1/s1. The zero-order valence-corrected chi connectivity index (χ0v) is 11.6. The van der Waals surface area contributed by atoms with Crippen molar-refractivity contribution in [3.63, 3.8) is 0 Å². The van der Waals surface area contributed by atoms with Crippen molar-refractivity contribution in [2.45, 2.75) is 39.7 Å². The van der Waals surface area contributed by atoms with Crippen LogP contribution in [0, 0.1) is 6.92 Å². The molecule has 19 heavy (non-hydrogen) atoms. The van der Waals surface area contributed by atoms with E-state index in [-0.39, 0.29) is 12.0 Å². The van der Waals surface area contributed by atoms with Crippen molar-refractivity contribution < 1.29 is 0 Å². The maximum absolute atomic E-state index is 5.72. The van der Waals surface area contributed by atoms with Crippen molar-refractivity contribution >= 4 is 11.8 Å². The molecule has 7 heteroatoms. The zero-order chi connectivity index (χ0) is 14.0. The molecule has 0 amide bonds. The Bertz CT molecular complexity index is 561. The van der Waals surface area contributed by atoms with Gasteiger partial charge < -0.3 is 11.1 Å². The van der Waals surface area contributed by atoms with Crippen molar-refractivity contribution in [1.29, 1.82) is 0 Å². The molecule has 0 unspecified atom stereocenters. The third-order valence-electron chi connectivity index (χ3n) is 2.72. The topological polar surface area (TPSA) is 105 Å². The number of nitrogens with one attached hydrogen (secondary N) is 2. The molecule has 0 aromatic carbocycles. The normalized spacial score (nSPS) is 12.7. The number of aromatic nitrogens is 5. The number of anilines is 2. The van der Waals surface area contributed by atoms with Gasteiger partial charge in [-0.15, -0.1) is 0 Å². The van der Waals surface area contributed by atoms with Crippen LogP contribution < -0.4 is 11.1 Å². The first kappa shape index (κ1) is 13.3.